The molecular weight excluding hydrogens is 533 g/mol. The van der Waals surface area contributed by atoms with Gasteiger partial charge in [0.15, 0.2) is 5.82 Å². The maximum Gasteiger partial charge on any atom is 0.416 e. The van der Waals surface area contributed by atoms with Crippen LogP contribution in [-0.2, 0) is 24.0 Å². The van der Waals surface area contributed by atoms with Crippen molar-refractivity contribution in [2.75, 3.05) is 0 Å². The van der Waals surface area contributed by atoms with E-state index in [-0.39, 0.29) is 18.6 Å². The summed E-state index contributed by atoms with van der Waals surface area (Å²) in [6.45, 7) is 6.03. The molecule has 0 saturated heterocycles. The van der Waals surface area contributed by atoms with E-state index in [9.17, 15) is 18.0 Å². The third-order valence-corrected chi connectivity index (χ3v) is 7.14. The summed E-state index contributed by atoms with van der Waals surface area (Å²) in [4.78, 5) is 14.6. The maximum absolute atomic E-state index is 13.0. The maximum atomic E-state index is 13.0. The van der Waals surface area contributed by atoms with Gasteiger partial charge in [-0.2, -0.15) is 13.2 Å². The van der Waals surface area contributed by atoms with Crippen molar-refractivity contribution in [1.82, 2.24) is 19.7 Å². The molecule has 208 valence electrons. The first kappa shape index (κ1) is 27.3. The molecule has 1 aliphatic carbocycles. The molecule has 0 atom stereocenters. The molecule has 11 heteroatoms. The summed E-state index contributed by atoms with van der Waals surface area (Å²) < 4.78 is 52.2. The van der Waals surface area contributed by atoms with Gasteiger partial charge in [-0.3, -0.25) is 9.47 Å². The van der Waals surface area contributed by atoms with Crippen LogP contribution >= 0.6 is 11.6 Å². The number of hydrogen-bond donors (Lipinski definition) is 0. The molecule has 0 radical (unpaired) electrons. The van der Waals surface area contributed by atoms with Crippen molar-refractivity contribution < 1.29 is 27.4 Å². The molecular formula is C28H30ClF3N4O3. The minimum absolute atomic E-state index is 0.0988. The Morgan fingerprint density at radius 2 is 1.67 bits per heavy atom. The molecule has 0 spiro atoms. The quantitative estimate of drug-likeness (QED) is 0.335. The largest absolute Gasteiger partial charge is 0.490 e. The van der Waals surface area contributed by atoms with E-state index < -0.39 is 23.4 Å². The molecule has 1 aromatic heterocycles. The van der Waals surface area contributed by atoms with Gasteiger partial charge in [0.25, 0.3) is 0 Å². The summed E-state index contributed by atoms with van der Waals surface area (Å²) in [5, 5.41) is 9.58. The topological polar surface area (TPSA) is 69.5 Å². The lowest BCUT2D eigenvalue weighted by atomic mass is 9.86. The standard InChI is InChI=1S/C28H30ClF3N4O3/c1-27(2,3)39-26(37)35-15-18-14-20(29)8-13-23(18)36-24(16-35)33-34-25(36)17-4-9-21(10-5-17)38-22-11-6-19(7-12-22)28(30,31)32/h6-8,11-14,17,21H,4-5,9-10,15-16H2,1-3H3/t17-,21-. The number of aromatic nitrogens is 3. The molecule has 7 nitrogen and oxygen atoms in total. The van der Waals surface area contributed by atoms with Crippen LogP contribution in [0.4, 0.5) is 18.0 Å². The van der Waals surface area contributed by atoms with Gasteiger partial charge in [-0.1, -0.05) is 11.6 Å². The van der Waals surface area contributed by atoms with Crippen LogP contribution in [0.1, 0.15) is 75.1 Å². The highest BCUT2D eigenvalue weighted by Gasteiger charge is 2.34. The molecule has 1 amide bonds. The van der Waals surface area contributed by atoms with Crippen molar-refractivity contribution in [3.05, 3.63) is 70.3 Å². The number of alkyl halides is 3. The van der Waals surface area contributed by atoms with Gasteiger partial charge in [-0.15, -0.1) is 10.2 Å². The van der Waals surface area contributed by atoms with Crippen LogP contribution in [-0.4, -0.2) is 37.5 Å². The first-order valence-corrected chi connectivity index (χ1v) is 13.3. The zero-order chi connectivity index (χ0) is 27.9. The van der Waals surface area contributed by atoms with Crippen LogP contribution in [0.5, 0.6) is 5.75 Å². The van der Waals surface area contributed by atoms with Crippen molar-refractivity contribution in [3.8, 4) is 11.4 Å². The predicted molar refractivity (Wildman–Crippen MR) is 139 cm³/mol. The molecule has 2 aliphatic rings. The minimum Gasteiger partial charge on any atom is -0.490 e. The number of fused-ring (bicyclic) bond motifs is 3. The smallest absolute Gasteiger partial charge is 0.416 e. The van der Waals surface area contributed by atoms with E-state index in [0.717, 1.165) is 54.9 Å². The predicted octanol–water partition coefficient (Wildman–Crippen LogP) is 7.30. The Morgan fingerprint density at radius 3 is 2.31 bits per heavy atom. The summed E-state index contributed by atoms with van der Waals surface area (Å²) in [6.07, 6.45) is -1.90. The lowest BCUT2D eigenvalue weighted by molar-refractivity contribution is -0.137. The minimum atomic E-state index is -4.37. The van der Waals surface area contributed by atoms with E-state index in [1.165, 1.54) is 12.1 Å². The highest BCUT2D eigenvalue weighted by Crippen LogP contribution is 2.38. The Kier molecular flexibility index (Phi) is 7.26. The summed E-state index contributed by atoms with van der Waals surface area (Å²) >= 11 is 6.32. The molecule has 1 fully saturated rings. The monoisotopic (exact) mass is 562 g/mol. The van der Waals surface area contributed by atoms with Gasteiger partial charge in [0, 0.05) is 10.9 Å². The second-order valence-electron chi connectivity index (χ2n) is 11.0. The first-order chi connectivity index (χ1) is 18.4. The highest BCUT2D eigenvalue weighted by molar-refractivity contribution is 6.30. The SMILES string of the molecule is CC(C)(C)OC(=O)N1Cc2cc(Cl)ccc2-n2c(nnc2[C@H]2CC[C@H](Oc3ccc(C(F)(F)F)cc3)CC2)C1. The summed E-state index contributed by atoms with van der Waals surface area (Å²) in [6, 6.07) is 10.4. The van der Waals surface area contributed by atoms with Crippen molar-refractivity contribution in [2.24, 2.45) is 0 Å². The lowest BCUT2D eigenvalue weighted by Crippen LogP contribution is -2.35. The number of hydrogen-bond acceptors (Lipinski definition) is 5. The fourth-order valence-electron chi connectivity index (χ4n) is 5.10. The molecule has 0 unspecified atom stereocenters. The van der Waals surface area contributed by atoms with E-state index >= 15 is 0 Å². The molecule has 39 heavy (non-hydrogen) atoms. The molecule has 0 N–H and O–H groups in total. The molecule has 3 aromatic rings. The fourth-order valence-corrected chi connectivity index (χ4v) is 5.29. The number of carbonyl (C=O) groups is 1. The Hall–Kier alpha value is -3.27. The molecule has 0 bridgehead atoms. The number of amides is 1. The van der Waals surface area contributed by atoms with Crippen LogP contribution in [0.3, 0.4) is 0 Å². The molecule has 1 saturated carbocycles. The zero-order valence-corrected chi connectivity index (χ0v) is 22.7. The van der Waals surface area contributed by atoms with E-state index in [0.29, 0.717) is 23.1 Å². The van der Waals surface area contributed by atoms with Gasteiger partial charge >= 0.3 is 12.3 Å². The Balaban J connectivity index is 1.33. The summed E-state index contributed by atoms with van der Waals surface area (Å²) in [5.41, 5.74) is 0.412. The molecule has 5 rings (SSSR count). The number of halogens is 4. The second kappa shape index (κ2) is 10.4. The summed E-state index contributed by atoms with van der Waals surface area (Å²) in [7, 11) is 0. The van der Waals surface area contributed by atoms with Crippen molar-refractivity contribution >= 4 is 17.7 Å². The third-order valence-electron chi connectivity index (χ3n) is 6.91. The average molecular weight is 563 g/mol. The van der Waals surface area contributed by atoms with Gasteiger partial charge in [-0.05, 0) is 94.5 Å². The van der Waals surface area contributed by atoms with Gasteiger partial charge in [0.2, 0.25) is 0 Å². The highest BCUT2D eigenvalue weighted by atomic mass is 35.5. The fraction of sp³-hybridized carbons (Fsp3) is 0.464. The summed E-state index contributed by atoms with van der Waals surface area (Å²) in [5.74, 6) is 1.98. The van der Waals surface area contributed by atoms with Crippen LogP contribution in [0, 0.1) is 0 Å². The average Bonchev–Trinajstić information content (AvgIpc) is 3.19. The van der Waals surface area contributed by atoms with E-state index in [4.69, 9.17) is 21.1 Å². The van der Waals surface area contributed by atoms with E-state index in [1.807, 2.05) is 43.5 Å². The van der Waals surface area contributed by atoms with Crippen LogP contribution < -0.4 is 4.74 Å². The van der Waals surface area contributed by atoms with Crippen molar-refractivity contribution in [2.45, 2.75) is 83.3 Å². The van der Waals surface area contributed by atoms with Crippen molar-refractivity contribution in [1.29, 1.82) is 0 Å². The number of ether oxygens (including phenoxy) is 2. The normalized spacial score (nSPS) is 19.6. The third kappa shape index (κ3) is 6.16. The lowest BCUT2D eigenvalue weighted by Gasteiger charge is -2.29. The van der Waals surface area contributed by atoms with Gasteiger partial charge in [0.1, 0.15) is 17.2 Å². The van der Waals surface area contributed by atoms with Gasteiger partial charge in [-0.25, -0.2) is 4.79 Å². The zero-order valence-electron chi connectivity index (χ0n) is 22.0. The number of benzene rings is 2. The van der Waals surface area contributed by atoms with Crippen LogP contribution in [0.2, 0.25) is 5.02 Å². The number of nitrogens with zero attached hydrogens (tertiary/aromatic N) is 4. The van der Waals surface area contributed by atoms with Crippen molar-refractivity contribution in [3.63, 3.8) is 0 Å². The molecule has 2 heterocycles. The second-order valence-corrected chi connectivity index (χ2v) is 11.5. The van der Waals surface area contributed by atoms with E-state index in [2.05, 4.69) is 10.2 Å². The van der Waals surface area contributed by atoms with E-state index in [1.54, 1.807) is 4.90 Å². The van der Waals surface area contributed by atoms with Crippen LogP contribution in [0.25, 0.3) is 5.69 Å². The Bertz CT molecular complexity index is 1340. The molecule has 2 aromatic carbocycles. The first-order valence-electron chi connectivity index (χ1n) is 12.9. The van der Waals surface area contributed by atoms with Gasteiger partial charge in [0.05, 0.1) is 30.4 Å². The van der Waals surface area contributed by atoms with Crippen LogP contribution in [0.15, 0.2) is 42.5 Å². The molecule has 1 aliphatic heterocycles. The Labute approximate surface area is 229 Å². The number of rotatable bonds is 3. The Morgan fingerprint density at radius 1 is 0.974 bits per heavy atom. The van der Waals surface area contributed by atoms with Gasteiger partial charge < -0.3 is 9.47 Å². The number of carbonyl (C=O) groups excluding carboxylic acids is 1.